The monoisotopic (exact) mass is 350 g/mol. The lowest BCUT2D eigenvalue weighted by molar-refractivity contribution is -0.134. The van der Waals surface area contributed by atoms with Crippen LogP contribution in [-0.4, -0.2) is 29.3 Å². The van der Waals surface area contributed by atoms with E-state index >= 15 is 0 Å². The number of anilines is 1. The fourth-order valence-electron chi connectivity index (χ4n) is 2.72. The second kappa shape index (κ2) is 7.52. The molecule has 132 valence electrons. The van der Waals surface area contributed by atoms with Gasteiger partial charge < -0.3 is 21.4 Å². The molecule has 0 aliphatic carbocycles. The van der Waals surface area contributed by atoms with E-state index in [9.17, 15) is 14.4 Å². The van der Waals surface area contributed by atoms with E-state index in [1.54, 1.807) is 18.2 Å². The van der Waals surface area contributed by atoms with Gasteiger partial charge in [-0.15, -0.1) is 0 Å². The highest BCUT2D eigenvalue weighted by molar-refractivity contribution is 6.39. The number of para-hydroxylation sites is 2. The minimum Gasteiger partial charge on any atom is -0.361 e. The van der Waals surface area contributed by atoms with Crippen molar-refractivity contribution in [3.63, 3.8) is 0 Å². The number of H-pyrrole nitrogens is 1. The van der Waals surface area contributed by atoms with E-state index in [1.165, 1.54) is 6.07 Å². The molecule has 0 aliphatic rings. The molecule has 26 heavy (non-hydrogen) atoms. The maximum atomic E-state index is 12.4. The Bertz CT molecular complexity index is 978. The standard InChI is InChI=1S/C19H18N4O3/c20-17(24)19(26)23-16-8-4-2-6-14(16)18(25)21-10-9-12-11-22-15-7-3-1-5-13(12)15/h1-8,11,22H,9-10H2,(H2,20,24)(H,21,25)(H,23,26). The summed E-state index contributed by atoms with van der Waals surface area (Å²) in [6.45, 7) is 0.429. The maximum Gasteiger partial charge on any atom is 0.313 e. The van der Waals surface area contributed by atoms with Crippen LogP contribution in [0.1, 0.15) is 15.9 Å². The number of aromatic nitrogens is 1. The third-order valence-corrected chi connectivity index (χ3v) is 4.00. The van der Waals surface area contributed by atoms with Crippen LogP contribution in [-0.2, 0) is 16.0 Å². The van der Waals surface area contributed by atoms with Gasteiger partial charge in [0.05, 0.1) is 11.3 Å². The Labute approximate surface area is 149 Å². The molecule has 0 unspecified atom stereocenters. The molecule has 7 nitrogen and oxygen atoms in total. The van der Waals surface area contributed by atoms with Gasteiger partial charge in [0.2, 0.25) is 0 Å². The van der Waals surface area contributed by atoms with Crippen molar-refractivity contribution in [2.24, 2.45) is 5.73 Å². The van der Waals surface area contributed by atoms with Crippen molar-refractivity contribution in [2.45, 2.75) is 6.42 Å². The molecular weight excluding hydrogens is 332 g/mol. The molecule has 0 saturated carbocycles. The third kappa shape index (κ3) is 3.72. The molecular formula is C19H18N4O3. The van der Waals surface area contributed by atoms with E-state index in [1.807, 2.05) is 30.5 Å². The summed E-state index contributed by atoms with van der Waals surface area (Å²) < 4.78 is 0. The average Bonchev–Trinajstić information content (AvgIpc) is 3.05. The van der Waals surface area contributed by atoms with Crippen molar-refractivity contribution in [1.29, 1.82) is 0 Å². The summed E-state index contributed by atoms with van der Waals surface area (Å²) in [5, 5.41) is 6.29. The highest BCUT2D eigenvalue weighted by atomic mass is 16.2. The zero-order valence-electron chi connectivity index (χ0n) is 13.9. The lowest BCUT2D eigenvalue weighted by Crippen LogP contribution is -2.31. The van der Waals surface area contributed by atoms with Gasteiger partial charge in [-0.3, -0.25) is 14.4 Å². The van der Waals surface area contributed by atoms with Crippen molar-refractivity contribution in [2.75, 3.05) is 11.9 Å². The molecule has 0 radical (unpaired) electrons. The lowest BCUT2D eigenvalue weighted by Gasteiger charge is -2.10. The fourth-order valence-corrected chi connectivity index (χ4v) is 2.72. The number of carbonyl (C=O) groups excluding carboxylic acids is 3. The number of primary amides is 1. The highest BCUT2D eigenvalue weighted by Crippen LogP contribution is 2.18. The topological polar surface area (TPSA) is 117 Å². The van der Waals surface area contributed by atoms with Crippen molar-refractivity contribution in [3.8, 4) is 0 Å². The summed E-state index contributed by atoms with van der Waals surface area (Å²) in [7, 11) is 0. The predicted molar refractivity (Wildman–Crippen MR) is 98.6 cm³/mol. The Kier molecular flexibility index (Phi) is 4.98. The Morgan fingerprint density at radius 1 is 1.00 bits per heavy atom. The average molecular weight is 350 g/mol. The molecule has 0 fully saturated rings. The number of carbonyl (C=O) groups is 3. The largest absolute Gasteiger partial charge is 0.361 e. The van der Waals surface area contributed by atoms with Crippen LogP contribution in [0.15, 0.2) is 54.7 Å². The van der Waals surface area contributed by atoms with Crippen molar-refractivity contribution >= 4 is 34.3 Å². The Morgan fingerprint density at radius 3 is 2.54 bits per heavy atom. The van der Waals surface area contributed by atoms with Crippen molar-refractivity contribution in [1.82, 2.24) is 10.3 Å². The smallest absolute Gasteiger partial charge is 0.313 e. The Morgan fingerprint density at radius 2 is 1.73 bits per heavy atom. The van der Waals surface area contributed by atoms with Gasteiger partial charge in [0.15, 0.2) is 0 Å². The summed E-state index contributed by atoms with van der Waals surface area (Å²) in [4.78, 5) is 38.0. The minimum atomic E-state index is -1.11. The lowest BCUT2D eigenvalue weighted by atomic mass is 10.1. The highest BCUT2D eigenvalue weighted by Gasteiger charge is 2.15. The summed E-state index contributed by atoms with van der Waals surface area (Å²) in [6.07, 6.45) is 2.59. The van der Waals surface area contributed by atoms with Crippen LogP contribution >= 0.6 is 0 Å². The first kappa shape index (κ1) is 17.2. The first-order valence-corrected chi connectivity index (χ1v) is 8.09. The predicted octanol–water partition coefficient (Wildman–Crippen LogP) is 1.56. The summed E-state index contributed by atoms with van der Waals surface area (Å²) in [5.41, 5.74) is 7.59. The number of rotatable bonds is 5. The van der Waals surface area contributed by atoms with E-state index in [0.29, 0.717) is 13.0 Å². The van der Waals surface area contributed by atoms with Crippen LogP contribution in [0.25, 0.3) is 10.9 Å². The zero-order valence-corrected chi connectivity index (χ0v) is 13.9. The van der Waals surface area contributed by atoms with Gasteiger partial charge >= 0.3 is 11.8 Å². The molecule has 2 aromatic carbocycles. The Balaban J connectivity index is 1.65. The molecule has 3 aromatic rings. The maximum absolute atomic E-state index is 12.4. The second-order valence-corrected chi connectivity index (χ2v) is 5.73. The molecule has 0 atom stereocenters. The summed E-state index contributed by atoms with van der Waals surface area (Å²) in [5.74, 6) is -2.42. The quantitative estimate of drug-likeness (QED) is 0.523. The molecule has 0 bridgehead atoms. The van der Waals surface area contributed by atoms with E-state index in [2.05, 4.69) is 15.6 Å². The molecule has 3 amide bonds. The fraction of sp³-hybridized carbons (Fsp3) is 0.105. The SMILES string of the molecule is NC(=O)C(=O)Nc1ccccc1C(=O)NCCc1c[nH]c2ccccc12. The second-order valence-electron chi connectivity index (χ2n) is 5.73. The molecule has 1 aromatic heterocycles. The van der Waals surface area contributed by atoms with Crippen molar-refractivity contribution < 1.29 is 14.4 Å². The summed E-state index contributed by atoms with van der Waals surface area (Å²) >= 11 is 0. The zero-order chi connectivity index (χ0) is 18.5. The van der Waals surface area contributed by atoms with E-state index < -0.39 is 11.8 Å². The van der Waals surface area contributed by atoms with E-state index in [0.717, 1.165) is 16.5 Å². The third-order valence-electron chi connectivity index (χ3n) is 4.00. The first-order valence-electron chi connectivity index (χ1n) is 8.09. The Hall–Kier alpha value is -3.61. The van der Waals surface area contributed by atoms with E-state index in [4.69, 9.17) is 5.73 Å². The molecule has 7 heteroatoms. The van der Waals surface area contributed by atoms with Gasteiger partial charge in [0.1, 0.15) is 0 Å². The number of nitrogens with one attached hydrogen (secondary N) is 3. The van der Waals surface area contributed by atoms with Gasteiger partial charge in [0.25, 0.3) is 5.91 Å². The number of aromatic amines is 1. The van der Waals surface area contributed by atoms with Gasteiger partial charge in [-0.1, -0.05) is 30.3 Å². The number of benzene rings is 2. The van der Waals surface area contributed by atoms with Gasteiger partial charge in [0, 0.05) is 23.6 Å². The first-order chi connectivity index (χ1) is 12.6. The molecule has 5 N–H and O–H groups in total. The van der Waals surface area contributed by atoms with Gasteiger partial charge in [-0.05, 0) is 30.2 Å². The van der Waals surface area contributed by atoms with Crippen LogP contribution < -0.4 is 16.4 Å². The minimum absolute atomic E-state index is 0.237. The van der Waals surface area contributed by atoms with Gasteiger partial charge in [-0.25, -0.2) is 0 Å². The van der Waals surface area contributed by atoms with Crippen LogP contribution in [0, 0.1) is 0 Å². The molecule has 0 spiro atoms. The van der Waals surface area contributed by atoms with Crippen molar-refractivity contribution in [3.05, 3.63) is 65.9 Å². The normalized spacial score (nSPS) is 10.5. The summed E-state index contributed by atoms with van der Waals surface area (Å²) in [6, 6.07) is 14.4. The number of fused-ring (bicyclic) bond motifs is 1. The number of amides is 3. The number of nitrogens with two attached hydrogens (primary N) is 1. The molecule has 0 saturated heterocycles. The molecule has 3 rings (SSSR count). The molecule has 0 aliphatic heterocycles. The van der Waals surface area contributed by atoms with E-state index in [-0.39, 0.29) is 17.2 Å². The molecule has 1 heterocycles. The van der Waals surface area contributed by atoms with Crippen LogP contribution in [0.4, 0.5) is 5.69 Å². The van der Waals surface area contributed by atoms with Crippen LogP contribution in [0.3, 0.4) is 0 Å². The van der Waals surface area contributed by atoms with Gasteiger partial charge in [-0.2, -0.15) is 0 Å². The number of hydrogen-bond donors (Lipinski definition) is 4. The number of hydrogen-bond acceptors (Lipinski definition) is 3. The van der Waals surface area contributed by atoms with Crippen LogP contribution in [0.5, 0.6) is 0 Å². The van der Waals surface area contributed by atoms with Crippen LogP contribution in [0.2, 0.25) is 0 Å².